The Kier molecular flexibility index (Phi) is 12.0. The number of carbonyl (C=O) groups is 3. The first-order valence-electron chi connectivity index (χ1n) is 15.6. The number of halogens is 1. The van der Waals surface area contributed by atoms with Crippen LogP contribution in [0.15, 0.2) is 41.2 Å². The van der Waals surface area contributed by atoms with Crippen LogP contribution in [0.2, 0.25) is 0 Å². The Morgan fingerprint density at radius 3 is 2.13 bits per heavy atom. The molecule has 0 saturated carbocycles. The van der Waals surface area contributed by atoms with Crippen LogP contribution >= 0.6 is 0 Å². The molecule has 0 aliphatic heterocycles. The third-order valence-electron chi connectivity index (χ3n) is 8.06. The highest BCUT2D eigenvalue weighted by Gasteiger charge is 2.29. The number of carboxylic acids is 1. The van der Waals surface area contributed by atoms with Gasteiger partial charge in [0, 0.05) is 24.3 Å². The van der Waals surface area contributed by atoms with E-state index in [0.717, 1.165) is 22.3 Å². The van der Waals surface area contributed by atoms with Crippen LogP contribution in [-0.2, 0) is 16.1 Å². The fourth-order valence-electron chi connectivity index (χ4n) is 5.88. The van der Waals surface area contributed by atoms with Gasteiger partial charge in [0.1, 0.15) is 17.4 Å². The van der Waals surface area contributed by atoms with E-state index in [4.69, 9.17) is 0 Å². The van der Waals surface area contributed by atoms with Crippen molar-refractivity contribution >= 4 is 17.8 Å². The number of benzene rings is 2. The maximum Gasteiger partial charge on any atom is 0.305 e. The summed E-state index contributed by atoms with van der Waals surface area (Å²) in [5.41, 5.74) is 5.18. The van der Waals surface area contributed by atoms with Crippen LogP contribution in [0.25, 0.3) is 11.1 Å². The molecular weight excluding hydrogens is 587 g/mol. The quantitative estimate of drug-likeness (QED) is 0.237. The van der Waals surface area contributed by atoms with Gasteiger partial charge in [0.15, 0.2) is 0 Å². The average Bonchev–Trinajstić information content (AvgIpc) is 2.92. The summed E-state index contributed by atoms with van der Waals surface area (Å²) >= 11 is 0. The topological polar surface area (TPSA) is 121 Å². The molecule has 0 aliphatic rings. The molecule has 2 amide bonds. The highest BCUT2D eigenvalue weighted by atomic mass is 19.1. The molecular formula is C36H47FN4O5. The SMILES string of the molecule is Cc1cc(C)c(-c2cc(C)c(F)c([C@H](CC(=O)O)NC(=O)[C@H](CC(C)C)NC(=O)c3ccc(C)n(CCN(C)C)c3=O)c2)c(C)c1. The van der Waals surface area contributed by atoms with Gasteiger partial charge in [0.05, 0.1) is 12.5 Å². The molecule has 0 radical (unpaired) electrons. The molecule has 10 heteroatoms. The van der Waals surface area contributed by atoms with Gasteiger partial charge in [-0.1, -0.05) is 31.5 Å². The lowest BCUT2D eigenvalue weighted by atomic mass is 9.89. The van der Waals surface area contributed by atoms with Crippen LogP contribution in [0, 0.1) is 46.4 Å². The summed E-state index contributed by atoms with van der Waals surface area (Å²) in [5, 5.41) is 15.2. The standard InChI is InChI=1S/C36H47FN4O5/c1-20(2)14-30(39-34(44)27-11-10-25(7)41(36(27)46)13-12-40(8)9)35(45)38-29(19-31(42)43)28-18-26(17-24(6)33(28)37)32-22(4)15-21(3)16-23(32)5/h10-11,15-18,20,29-30H,12-14,19H2,1-9H3,(H,38,45)(H,39,44)(H,42,43)/t29-,30-/m0/s1. The number of aromatic nitrogens is 1. The molecule has 2 aromatic carbocycles. The van der Waals surface area contributed by atoms with E-state index in [1.54, 1.807) is 32.0 Å². The molecule has 248 valence electrons. The van der Waals surface area contributed by atoms with Gasteiger partial charge < -0.3 is 25.2 Å². The summed E-state index contributed by atoms with van der Waals surface area (Å²) < 4.78 is 17.2. The molecule has 0 fully saturated rings. The van der Waals surface area contributed by atoms with E-state index in [1.807, 2.05) is 65.7 Å². The number of likely N-dealkylation sites (N-methyl/N-ethyl adjacent to an activating group) is 1. The number of aryl methyl sites for hydroxylation is 5. The zero-order valence-electron chi connectivity index (χ0n) is 28.4. The highest BCUT2D eigenvalue weighted by Crippen LogP contribution is 2.34. The summed E-state index contributed by atoms with van der Waals surface area (Å²) in [6, 6.07) is 8.18. The first-order valence-corrected chi connectivity index (χ1v) is 15.6. The van der Waals surface area contributed by atoms with Gasteiger partial charge in [-0.25, -0.2) is 4.39 Å². The number of pyridine rings is 1. The van der Waals surface area contributed by atoms with E-state index < -0.39 is 47.7 Å². The lowest BCUT2D eigenvalue weighted by Gasteiger charge is -2.25. The van der Waals surface area contributed by atoms with Crippen molar-refractivity contribution in [3.63, 3.8) is 0 Å². The van der Waals surface area contributed by atoms with E-state index in [-0.39, 0.29) is 23.5 Å². The predicted molar refractivity (Wildman–Crippen MR) is 179 cm³/mol. The largest absolute Gasteiger partial charge is 0.481 e. The number of carboxylic acid groups (broad SMARTS) is 1. The normalized spacial score (nSPS) is 12.7. The number of carbonyl (C=O) groups excluding carboxylic acids is 2. The summed E-state index contributed by atoms with van der Waals surface area (Å²) in [4.78, 5) is 54.3. The number of amides is 2. The minimum Gasteiger partial charge on any atom is -0.481 e. The molecule has 1 aromatic heterocycles. The second-order valence-electron chi connectivity index (χ2n) is 12.9. The fraction of sp³-hybridized carbons (Fsp3) is 0.444. The van der Waals surface area contributed by atoms with Crippen molar-refractivity contribution in [1.29, 1.82) is 0 Å². The third-order valence-corrected chi connectivity index (χ3v) is 8.06. The van der Waals surface area contributed by atoms with Crippen molar-refractivity contribution in [3.05, 3.63) is 91.6 Å². The van der Waals surface area contributed by atoms with E-state index in [1.165, 1.54) is 10.6 Å². The van der Waals surface area contributed by atoms with Crippen molar-refractivity contribution < 1.29 is 23.9 Å². The molecule has 46 heavy (non-hydrogen) atoms. The molecule has 3 N–H and O–H groups in total. The van der Waals surface area contributed by atoms with Crippen LogP contribution in [0.4, 0.5) is 4.39 Å². The molecule has 0 spiro atoms. The van der Waals surface area contributed by atoms with Crippen molar-refractivity contribution in [2.75, 3.05) is 20.6 Å². The monoisotopic (exact) mass is 634 g/mol. The number of aliphatic carboxylic acids is 1. The molecule has 3 rings (SSSR count). The molecule has 0 bridgehead atoms. The Hall–Kier alpha value is -4.31. The predicted octanol–water partition coefficient (Wildman–Crippen LogP) is 5.23. The fourth-order valence-corrected chi connectivity index (χ4v) is 5.88. The second-order valence-corrected chi connectivity index (χ2v) is 12.9. The second kappa shape index (κ2) is 15.3. The van der Waals surface area contributed by atoms with Gasteiger partial charge in [-0.05, 0) is 113 Å². The van der Waals surface area contributed by atoms with Crippen molar-refractivity contribution in [3.8, 4) is 11.1 Å². The lowest BCUT2D eigenvalue weighted by Crippen LogP contribution is -2.49. The van der Waals surface area contributed by atoms with Gasteiger partial charge in [-0.3, -0.25) is 19.2 Å². The lowest BCUT2D eigenvalue weighted by molar-refractivity contribution is -0.137. The summed E-state index contributed by atoms with van der Waals surface area (Å²) in [5.74, 6) is -3.26. The van der Waals surface area contributed by atoms with Gasteiger partial charge in [0.2, 0.25) is 5.91 Å². The van der Waals surface area contributed by atoms with Crippen LogP contribution in [0.3, 0.4) is 0 Å². The van der Waals surface area contributed by atoms with Gasteiger partial charge in [-0.15, -0.1) is 0 Å². The minimum absolute atomic E-state index is 0.0430. The molecule has 9 nitrogen and oxygen atoms in total. The Balaban J connectivity index is 1.99. The minimum atomic E-state index is -1.22. The zero-order chi connectivity index (χ0) is 34.5. The third kappa shape index (κ3) is 8.90. The van der Waals surface area contributed by atoms with Gasteiger partial charge >= 0.3 is 5.97 Å². The van der Waals surface area contributed by atoms with E-state index >= 15 is 4.39 Å². The Morgan fingerprint density at radius 2 is 1.57 bits per heavy atom. The van der Waals surface area contributed by atoms with Crippen LogP contribution < -0.4 is 16.2 Å². The summed E-state index contributed by atoms with van der Waals surface area (Å²) in [6.45, 7) is 14.1. The first-order chi connectivity index (χ1) is 21.5. The van der Waals surface area contributed by atoms with Crippen LogP contribution in [-0.4, -0.2) is 59.0 Å². The highest BCUT2D eigenvalue weighted by molar-refractivity contribution is 5.97. The first kappa shape index (κ1) is 36.2. The molecule has 1 heterocycles. The smallest absolute Gasteiger partial charge is 0.305 e. The van der Waals surface area contributed by atoms with Gasteiger partial charge in [0.25, 0.3) is 11.5 Å². The maximum absolute atomic E-state index is 15.7. The van der Waals surface area contributed by atoms with E-state index in [2.05, 4.69) is 10.6 Å². The maximum atomic E-state index is 15.7. The molecule has 3 aromatic rings. The zero-order valence-corrected chi connectivity index (χ0v) is 28.4. The van der Waals surface area contributed by atoms with Crippen molar-refractivity contribution in [1.82, 2.24) is 20.1 Å². The number of nitrogens with zero attached hydrogens (tertiary/aromatic N) is 2. The molecule has 0 aliphatic carbocycles. The van der Waals surface area contributed by atoms with Crippen LogP contribution in [0.5, 0.6) is 0 Å². The summed E-state index contributed by atoms with van der Waals surface area (Å²) in [7, 11) is 3.77. The average molecular weight is 635 g/mol. The van der Waals surface area contributed by atoms with E-state index in [9.17, 15) is 24.3 Å². The van der Waals surface area contributed by atoms with Crippen LogP contribution in [0.1, 0.15) is 76.6 Å². The number of hydrogen-bond acceptors (Lipinski definition) is 5. The van der Waals surface area contributed by atoms with E-state index in [0.29, 0.717) is 29.9 Å². The number of rotatable bonds is 13. The molecule has 0 unspecified atom stereocenters. The molecule has 0 saturated heterocycles. The molecule has 2 atom stereocenters. The number of hydrogen-bond donors (Lipinski definition) is 3. The van der Waals surface area contributed by atoms with Crippen molar-refractivity contribution in [2.24, 2.45) is 5.92 Å². The Morgan fingerprint density at radius 1 is 0.935 bits per heavy atom. The van der Waals surface area contributed by atoms with Gasteiger partial charge in [-0.2, -0.15) is 0 Å². The Bertz CT molecular complexity index is 1650. The number of nitrogens with one attached hydrogen (secondary N) is 2. The Labute approximate surface area is 270 Å². The summed E-state index contributed by atoms with van der Waals surface area (Å²) in [6.07, 6.45) is -0.365. The van der Waals surface area contributed by atoms with Crippen molar-refractivity contribution in [2.45, 2.75) is 79.9 Å².